The minimum absolute atomic E-state index is 0.199. The first-order valence-corrected chi connectivity index (χ1v) is 17.9. The molecule has 0 radical (unpaired) electrons. The van der Waals surface area contributed by atoms with Crippen LogP contribution in [0.2, 0.25) is 0 Å². The molecule has 10 rings (SSSR count). The summed E-state index contributed by atoms with van der Waals surface area (Å²) in [7, 11) is 0. The van der Waals surface area contributed by atoms with Gasteiger partial charge in [0, 0.05) is 52.2 Å². The van der Waals surface area contributed by atoms with E-state index in [2.05, 4.69) is 38.1 Å². The van der Waals surface area contributed by atoms with E-state index in [-0.39, 0.29) is 34.3 Å². The van der Waals surface area contributed by atoms with E-state index >= 15 is 0 Å². The van der Waals surface area contributed by atoms with Crippen LogP contribution in [0, 0.1) is 13.8 Å². The van der Waals surface area contributed by atoms with Crippen molar-refractivity contribution in [3.63, 3.8) is 0 Å². The third-order valence-electron chi connectivity index (χ3n) is 10.2. The maximum Gasteiger partial charge on any atom is 0.197 e. The third-order valence-corrected chi connectivity index (χ3v) is 12.4. The lowest BCUT2D eigenvalue weighted by Gasteiger charge is -2.07. The van der Waals surface area contributed by atoms with Gasteiger partial charge in [-0.05, 0) is 118 Å². The summed E-state index contributed by atoms with van der Waals surface area (Å²) in [4.78, 5) is 55.7. The van der Waals surface area contributed by atoms with E-state index in [4.69, 9.17) is 0 Å². The van der Waals surface area contributed by atoms with E-state index in [0.29, 0.717) is 22.3 Å². The number of aryl methyl sites for hydroxylation is 2. The Morgan fingerprint density at radius 3 is 1.06 bits per heavy atom. The van der Waals surface area contributed by atoms with Crippen molar-refractivity contribution in [2.75, 3.05) is 0 Å². The van der Waals surface area contributed by atoms with Gasteiger partial charge in [-0.2, -0.15) is 0 Å². The Morgan fingerprint density at radius 2 is 0.740 bits per heavy atom. The molecule has 2 aromatic heterocycles. The predicted octanol–water partition coefficient (Wildman–Crippen LogP) is 11.1. The molecule has 0 spiro atoms. The highest BCUT2D eigenvalue weighted by Crippen LogP contribution is 2.44. The fourth-order valence-electron chi connectivity index (χ4n) is 7.63. The van der Waals surface area contributed by atoms with Crippen molar-refractivity contribution in [3.8, 4) is 0 Å². The molecule has 0 fully saturated rings. The molecule has 2 aliphatic rings. The lowest BCUT2D eigenvalue weighted by molar-refractivity contribution is 0.0975. The van der Waals surface area contributed by atoms with E-state index in [1.807, 2.05) is 72.8 Å². The van der Waals surface area contributed by atoms with Crippen LogP contribution in [0.1, 0.15) is 62.3 Å². The molecule has 0 aliphatic heterocycles. The first kappa shape index (κ1) is 29.1. The number of carbonyl (C=O) groups is 4. The van der Waals surface area contributed by atoms with Crippen LogP contribution in [0.25, 0.3) is 64.6 Å². The maximum atomic E-state index is 13.5. The fourth-order valence-corrected chi connectivity index (χ4v) is 10.0. The fraction of sp³-hybridized carbons (Fsp3) is 0.0455. The lowest BCUT2D eigenvalue weighted by Crippen LogP contribution is -1.99. The van der Waals surface area contributed by atoms with E-state index in [1.165, 1.54) is 0 Å². The van der Waals surface area contributed by atoms with Gasteiger partial charge in [0.15, 0.2) is 23.1 Å². The summed E-state index contributed by atoms with van der Waals surface area (Å²) < 4.78 is 2.19. The average molecular weight is 681 g/mol. The van der Waals surface area contributed by atoms with Gasteiger partial charge in [0.25, 0.3) is 0 Å². The van der Waals surface area contributed by atoms with Crippen LogP contribution in [-0.2, 0) is 0 Å². The third kappa shape index (κ3) is 4.09. The molecule has 8 aromatic rings. The lowest BCUT2D eigenvalue weighted by atomic mass is 9.99. The first-order valence-electron chi connectivity index (χ1n) is 16.3. The molecule has 0 atom stereocenters. The van der Waals surface area contributed by atoms with Crippen LogP contribution in [0.4, 0.5) is 0 Å². The zero-order valence-corrected chi connectivity index (χ0v) is 28.5. The Labute approximate surface area is 293 Å². The van der Waals surface area contributed by atoms with Gasteiger partial charge in [-0.25, -0.2) is 0 Å². The number of thiophene rings is 2. The smallest absolute Gasteiger partial charge is 0.197 e. The molecule has 6 heteroatoms. The molecule has 2 aliphatic carbocycles. The Kier molecular flexibility index (Phi) is 6.03. The van der Waals surface area contributed by atoms with Crippen LogP contribution >= 0.6 is 22.7 Å². The number of Topliss-reactive ketones (excluding diaryl/α,β-unsaturated/α-hetero) is 4. The van der Waals surface area contributed by atoms with E-state index in [1.54, 1.807) is 34.8 Å². The van der Waals surface area contributed by atoms with E-state index in [9.17, 15) is 19.2 Å². The average Bonchev–Trinajstić information content (AvgIpc) is 3.86. The number of ketones is 4. The zero-order valence-electron chi connectivity index (χ0n) is 26.8. The monoisotopic (exact) mass is 680 g/mol. The zero-order chi connectivity index (χ0) is 34.0. The van der Waals surface area contributed by atoms with Crippen molar-refractivity contribution < 1.29 is 19.2 Å². The number of benzene rings is 6. The van der Waals surface area contributed by atoms with Gasteiger partial charge in [-0.15, -0.1) is 22.7 Å². The van der Waals surface area contributed by atoms with Crippen LogP contribution in [0.3, 0.4) is 0 Å². The Morgan fingerprint density at radius 1 is 0.420 bits per heavy atom. The number of carbonyl (C=O) groups excluding carboxylic acids is 4. The van der Waals surface area contributed by atoms with Crippen LogP contribution in [0.15, 0.2) is 108 Å². The van der Waals surface area contributed by atoms with Gasteiger partial charge < -0.3 is 0 Å². The summed E-state index contributed by atoms with van der Waals surface area (Å²) in [5.74, 6) is -0.933. The minimum Gasteiger partial charge on any atom is -0.288 e. The molecule has 4 nitrogen and oxygen atoms in total. The SMILES string of the molecule is Cc1cc2c(cc(C)c3cc(C=C4C(=O)c5cc6ccccc6cc5C4=O)sc32)c2sc(C=C3C(=O)c4cc5ccccc5cc4C3=O)cc12. The molecule has 0 N–H and O–H groups in total. The second-order valence-corrected chi connectivity index (χ2v) is 15.4. The van der Waals surface area contributed by atoms with E-state index in [0.717, 1.165) is 73.4 Å². The Balaban J connectivity index is 1.07. The molecular formula is C44H24O4S2. The normalized spacial score (nSPS) is 14.3. The summed E-state index contributed by atoms with van der Waals surface area (Å²) in [6.07, 6.45) is 3.51. The van der Waals surface area contributed by atoms with Gasteiger partial charge in [0.1, 0.15) is 0 Å². The van der Waals surface area contributed by atoms with Crippen LogP contribution in [-0.4, -0.2) is 23.1 Å². The number of rotatable bonds is 2. The number of fused-ring (bicyclic) bond motifs is 9. The molecule has 236 valence electrons. The van der Waals surface area contributed by atoms with Crippen molar-refractivity contribution in [2.45, 2.75) is 13.8 Å². The summed E-state index contributed by atoms with van der Waals surface area (Å²) in [5.41, 5.74) is 4.42. The summed E-state index contributed by atoms with van der Waals surface area (Å²) in [6.45, 7) is 4.16. The van der Waals surface area contributed by atoms with Gasteiger partial charge in [0.2, 0.25) is 0 Å². The molecule has 0 bridgehead atoms. The van der Waals surface area contributed by atoms with E-state index < -0.39 is 0 Å². The summed E-state index contributed by atoms with van der Waals surface area (Å²) >= 11 is 3.16. The van der Waals surface area contributed by atoms with Crippen LogP contribution < -0.4 is 0 Å². The molecule has 0 saturated carbocycles. The van der Waals surface area contributed by atoms with Gasteiger partial charge in [0.05, 0.1) is 11.1 Å². The Bertz CT molecular complexity index is 2700. The van der Waals surface area contributed by atoms with Crippen molar-refractivity contribution in [3.05, 3.63) is 151 Å². The van der Waals surface area contributed by atoms with Gasteiger partial charge >= 0.3 is 0 Å². The maximum absolute atomic E-state index is 13.5. The summed E-state index contributed by atoms with van der Waals surface area (Å²) in [6, 6.07) is 31.4. The molecule has 0 amide bonds. The summed E-state index contributed by atoms with van der Waals surface area (Å²) in [5, 5.41) is 8.11. The first-order chi connectivity index (χ1) is 24.2. The number of hydrogen-bond donors (Lipinski definition) is 0. The highest BCUT2D eigenvalue weighted by atomic mass is 32.1. The molecule has 2 heterocycles. The quantitative estimate of drug-likeness (QED) is 0.135. The van der Waals surface area contributed by atoms with Crippen molar-refractivity contribution in [1.82, 2.24) is 0 Å². The second kappa shape index (κ2) is 10.3. The van der Waals surface area contributed by atoms with Crippen molar-refractivity contribution >= 4 is 110 Å². The van der Waals surface area contributed by atoms with Gasteiger partial charge in [-0.3, -0.25) is 19.2 Å². The second-order valence-electron chi connectivity index (χ2n) is 13.2. The topological polar surface area (TPSA) is 68.3 Å². The highest BCUT2D eigenvalue weighted by Gasteiger charge is 2.35. The highest BCUT2D eigenvalue weighted by molar-refractivity contribution is 7.22. The van der Waals surface area contributed by atoms with Crippen molar-refractivity contribution in [1.29, 1.82) is 0 Å². The largest absolute Gasteiger partial charge is 0.288 e. The molecule has 0 unspecified atom stereocenters. The molecular weight excluding hydrogens is 657 g/mol. The standard InChI is InChI=1S/C44H24O4S2/c1-21-11-35-36(43-29(21)17-27(49-43)19-37-39(45)31-13-23-7-3-4-8-24(23)14-32(31)40(37)46)12-22(2)30-18-28(50-44(30)35)20-38-41(47)33-15-25-9-5-6-10-26(25)16-34(33)42(38)48/h3-20H,1-2H3. The van der Waals surface area contributed by atoms with Gasteiger partial charge in [-0.1, -0.05) is 48.5 Å². The minimum atomic E-state index is -0.233. The number of hydrogen-bond acceptors (Lipinski definition) is 6. The molecule has 6 aromatic carbocycles. The molecule has 50 heavy (non-hydrogen) atoms. The Hall–Kier alpha value is -5.82. The molecule has 0 saturated heterocycles. The van der Waals surface area contributed by atoms with Crippen LogP contribution in [0.5, 0.6) is 0 Å². The van der Waals surface area contributed by atoms with Crippen molar-refractivity contribution in [2.24, 2.45) is 0 Å². The number of allylic oxidation sites excluding steroid dienone is 2. The predicted molar refractivity (Wildman–Crippen MR) is 205 cm³/mol.